The van der Waals surface area contributed by atoms with E-state index in [1.807, 2.05) is 0 Å². The minimum atomic E-state index is -0.828. The van der Waals surface area contributed by atoms with Crippen molar-refractivity contribution in [2.24, 2.45) is 0 Å². The predicted octanol–water partition coefficient (Wildman–Crippen LogP) is 2.36. The zero-order valence-corrected chi connectivity index (χ0v) is 7.93. The number of phenolic OH excluding ortho intramolecular Hbond substituents is 1. The van der Waals surface area contributed by atoms with E-state index in [1.54, 1.807) is 0 Å². The van der Waals surface area contributed by atoms with Crippen LogP contribution in [0.1, 0.15) is 0 Å². The van der Waals surface area contributed by atoms with Crippen LogP contribution in [0.2, 0.25) is 5.02 Å². The third kappa shape index (κ3) is 2.26. The molecule has 6 heteroatoms. The summed E-state index contributed by atoms with van der Waals surface area (Å²) >= 11 is 5.42. The maximum absolute atomic E-state index is 13.1. The number of carbonyl (C=O) groups excluding carboxylic acids is 1. The number of benzene rings is 1. The molecule has 0 unspecified atom stereocenters. The maximum Gasteiger partial charge on any atom is 0.411 e. The number of aromatic hydroxyl groups is 1. The smallest absolute Gasteiger partial charge is 0.411 e. The van der Waals surface area contributed by atoms with E-state index < -0.39 is 11.9 Å². The lowest BCUT2D eigenvalue weighted by atomic mass is 10.3. The van der Waals surface area contributed by atoms with Crippen LogP contribution in [0.25, 0.3) is 0 Å². The van der Waals surface area contributed by atoms with Crippen molar-refractivity contribution in [3.05, 3.63) is 23.0 Å². The molecular weight excluding hydrogens is 213 g/mol. The average Bonchev–Trinajstić information content (AvgIpc) is 2.14. The van der Waals surface area contributed by atoms with Gasteiger partial charge in [0.05, 0.1) is 17.8 Å². The lowest BCUT2D eigenvalue weighted by molar-refractivity contribution is 0.187. The van der Waals surface area contributed by atoms with Crippen LogP contribution in [-0.2, 0) is 4.74 Å². The Labute approximate surface area is 84.2 Å². The summed E-state index contributed by atoms with van der Waals surface area (Å²) in [5.74, 6) is -1.07. The predicted molar refractivity (Wildman–Crippen MR) is 49.1 cm³/mol. The fourth-order valence-electron chi connectivity index (χ4n) is 0.794. The van der Waals surface area contributed by atoms with Crippen molar-refractivity contribution in [3.63, 3.8) is 0 Å². The molecule has 1 rings (SSSR count). The van der Waals surface area contributed by atoms with E-state index in [4.69, 9.17) is 16.7 Å². The number of nitrogens with one attached hydrogen (secondary N) is 1. The SMILES string of the molecule is COC(=O)Nc1cc(O)c(Cl)cc1F. The minimum absolute atomic E-state index is 0.127. The lowest BCUT2D eigenvalue weighted by Crippen LogP contribution is -2.12. The number of halogens is 2. The number of phenols is 1. The molecule has 0 aliphatic heterocycles. The topological polar surface area (TPSA) is 58.6 Å². The Morgan fingerprint density at radius 2 is 2.29 bits per heavy atom. The van der Waals surface area contributed by atoms with E-state index >= 15 is 0 Å². The molecule has 0 aromatic heterocycles. The van der Waals surface area contributed by atoms with Gasteiger partial charge in [0.15, 0.2) is 0 Å². The molecule has 0 bridgehead atoms. The molecule has 0 spiro atoms. The molecule has 1 amide bonds. The molecule has 0 atom stereocenters. The Morgan fingerprint density at radius 1 is 1.64 bits per heavy atom. The van der Waals surface area contributed by atoms with E-state index in [1.165, 1.54) is 0 Å². The fourth-order valence-corrected chi connectivity index (χ4v) is 0.945. The molecule has 0 fully saturated rings. The number of carbonyl (C=O) groups is 1. The molecule has 0 saturated carbocycles. The van der Waals surface area contributed by atoms with Gasteiger partial charge in [-0.2, -0.15) is 0 Å². The molecule has 2 N–H and O–H groups in total. The summed E-state index contributed by atoms with van der Waals surface area (Å²) in [6, 6.07) is 1.89. The standard InChI is InChI=1S/C8H7ClFNO3/c1-14-8(13)11-6-3-7(12)4(9)2-5(6)10/h2-3,12H,1H3,(H,11,13). The first-order valence-electron chi connectivity index (χ1n) is 3.57. The summed E-state index contributed by atoms with van der Waals surface area (Å²) in [6.45, 7) is 0. The summed E-state index contributed by atoms with van der Waals surface area (Å²) in [7, 11) is 1.14. The highest BCUT2D eigenvalue weighted by Gasteiger charge is 2.10. The molecule has 4 nitrogen and oxygen atoms in total. The second kappa shape index (κ2) is 4.15. The van der Waals surface area contributed by atoms with Crippen LogP contribution in [-0.4, -0.2) is 18.3 Å². The van der Waals surface area contributed by atoms with Gasteiger partial charge in [0, 0.05) is 6.07 Å². The summed E-state index contributed by atoms with van der Waals surface area (Å²) in [5.41, 5.74) is -0.196. The van der Waals surface area contributed by atoms with Crippen molar-refractivity contribution in [1.82, 2.24) is 0 Å². The highest BCUT2D eigenvalue weighted by atomic mass is 35.5. The Morgan fingerprint density at radius 3 is 2.86 bits per heavy atom. The number of amides is 1. The van der Waals surface area contributed by atoms with Crippen LogP contribution in [0, 0.1) is 5.82 Å². The van der Waals surface area contributed by atoms with Gasteiger partial charge in [-0.3, -0.25) is 5.32 Å². The fraction of sp³-hybridized carbons (Fsp3) is 0.125. The van der Waals surface area contributed by atoms with Crippen LogP contribution in [0.4, 0.5) is 14.9 Å². The van der Waals surface area contributed by atoms with Gasteiger partial charge in [0.1, 0.15) is 11.6 Å². The summed E-state index contributed by atoms with van der Waals surface area (Å²) < 4.78 is 17.3. The third-order valence-corrected chi connectivity index (χ3v) is 1.76. The van der Waals surface area contributed by atoms with Crippen LogP contribution in [0.5, 0.6) is 5.75 Å². The van der Waals surface area contributed by atoms with Crippen molar-refractivity contribution in [2.75, 3.05) is 12.4 Å². The first-order valence-corrected chi connectivity index (χ1v) is 3.95. The molecule has 0 heterocycles. The van der Waals surface area contributed by atoms with E-state index in [0.717, 1.165) is 19.2 Å². The zero-order chi connectivity index (χ0) is 10.7. The van der Waals surface area contributed by atoms with E-state index in [2.05, 4.69) is 10.1 Å². The van der Waals surface area contributed by atoms with E-state index in [-0.39, 0.29) is 16.5 Å². The zero-order valence-electron chi connectivity index (χ0n) is 7.17. The number of hydrogen-bond acceptors (Lipinski definition) is 3. The van der Waals surface area contributed by atoms with Crippen molar-refractivity contribution in [3.8, 4) is 5.75 Å². The van der Waals surface area contributed by atoms with Crippen LogP contribution >= 0.6 is 11.6 Å². The number of rotatable bonds is 1. The summed E-state index contributed by atoms with van der Waals surface area (Å²) in [4.78, 5) is 10.7. The van der Waals surface area contributed by atoms with Gasteiger partial charge in [-0.05, 0) is 6.07 Å². The maximum atomic E-state index is 13.1. The average molecular weight is 220 g/mol. The van der Waals surface area contributed by atoms with Gasteiger partial charge in [-0.1, -0.05) is 11.6 Å². The highest BCUT2D eigenvalue weighted by molar-refractivity contribution is 6.32. The minimum Gasteiger partial charge on any atom is -0.506 e. The van der Waals surface area contributed by atoms with E-state index in [9.17, 15) is 9.18 Å². The van der Waals surface area contributed by atoms with Crippen LogP contribution in [0.15, 0.2) is 12.1 Å². The Kier molecular flexibility index (Phi) is 3.14. The molecule has 76 valence electrons. The van der Waals surface area contributed by atoms with Gasteiger partial charge >= 0.3 is 6.09 Å². The van der Waals surface area contributed by atoms with Crippen LogP contribution in [0.3, 0.4) is 0 Å². The normalized spacial score (nSPS) is 9.64. The van der Waals surface area contributed by atoms with Crippen molar-refractivity contribution < 1.29 is 19.0 Å². The number of ether oxygens (including phenoxy) is 1. The number of anilines is 1. The van der Waals surface area contributed by atoms with Gasteiger partial charge in [0.2, 0.25) is 0 Å². The van der Waals surface area contributed by atoms with Crippen molar-refractivity contribution in [1.29, 1.82) is 0 Å². The molecule has 14 heavy (non-hydrogen) atoms. The summed E-state index contributed by atoms with van der Waals surface area (Å²) in [6.07, 6.45) is -0.828. The first kappa shape index (κ1) is 10.6. The molecule has 0 saturated heterocycles. The second-order valence-corrected chi connectivity index (χ2v) is 2.81. The largest absolute Gasteiger partial charge is 0.506 e. The molecular formula is C8H7ClFNO3. The Balaban J connectivity index is 2.98. The first-order chi connectivity index (χ1) is 6.54. The number of methoxy groups -OCH3 is 1. The van der Waals surface area contributed by atoms with Gasteiger partial charge in [-0.25, -0.2) is 9.18 Å². The highest BCUT2D eigenvalue weighted by Crippen LogP contribution is 2.29. The molecule has 1 aromatic rings. The van der Waals surface area contributed by atoms with Crippen molar-refractivity contribution >= 4 is 23.4 Å². The Bertz CT molecular complexity index is 370. The van der Waals surface area contributed by atoms with Gasteiger partial charge in [-0.15, -0.1) is 0 Å². The lowest BCUT2D eigenvalue weighted by Gasteiger charge is -2.06. The second-order valence-electron chi connectivity index (χ2n) is 2.40. The molecule has 0 aliphatic rings. The van der Waals surface area contributed by atoms with Gasteiger partial charge < -0.3 is 9.84 Å². The third-order valence-electron chi connectivity index (χ3n) is 1.46. The van der Waals surface area contributed by atoms with Crippen molar-refractivity contribution in [2.45, 2.75) is 0 Å². The van der Waals surface area contributed by atoms with Gasteiger partial charge in [0.25, 0.3) is 0 Å². The van der Waals surface area contributed by atoms with E-state index in [0.29, 0.717) is 0 Å². The summed E-state index contributed by atoms with van der Waals surface area (Å²) in [5, 5.41) is 11.1. The monoisotopic (exact) mass is 219 g/mol. The Hall–Kier alpha value is -1.49. The quantitative estimate of drug-likeness (QED) is 0.762. The molecule has 0 radical (unpaired) electrons. The number of hydrogen-bond donors (Lipinski definition) is 2. The molecule has 1 aromatic carbocycles. The van der Waals surface area contributed by atoms with Crippen LogP contribution < -0.4 is 5.32 Å². The molecule has 0 aliphatic carbocycles.